The summed E-state index contributed by atoms with van der Waals surface area (Å²) in [5, 5.41) is 0. The van der Waals surface area contributed by atoms with Crippen molar-refractivity contribution in [2.45, 2.75) is 18.9 Å². The molecule has 0 saturated carbocycles. The smallest absolute Gasteiger partial charge is 0.124 e. The Kier molecular flexibility index (Phi) is 3.11. The number of aldehydes is 1. The molecular weight excluding hydrogens is 188 g/mol. The third-order valence-electron chi connectivity index (χ3n) is 3.13. The van der Waals surface area contributed by atoms with Gasteiger partial charge in [-0.1, -0.05) is 6.07 Å². The first-order chi connectivity index (χ1) is 7.33. The van der Waals surface area contributed by atoms with Crippen LogP contribution in [0.3, 0.4) is 0 Å². The van der Waals surface area contributed by atoms with E-state index < -0.39 is 0 Å². The molecule has 1 aliphatic heterocycles. The van der Waals surface area contributed by atoms with Gasteiger partial charge in [-0.05, 0) is 38.1 Å². The van der Waals surface area contributed by atoms with E-state index in [-0.39, 0.29) is 12.0 Å². The van der Waals surface area contributed by atoms with E-state index in [2.05, 4.69) is 23.0 Å². The average molecular weight is 204 g/mol. The minimum absolute atomic E-state index is 0.118. The van der Waals surface area contributed by atoms with E-state index in [1.165, 1.54) is 0 Å². The predicted octanol–water partition coefficient (Wildman–Crippen LogP) is 1.66. The van der Waals surface area contributed by atoms with Crippen LogP contribution in [0, 0.1) is 5.92 Å². The van der Waals surface area contributed by atoms with Crippen LogP contribution >= 0.6 is 0 Å². The standard InChI is InChI=1S/C12H16N2O/c1-14-7-3-5-11(9-15)12(14)10-4-2-6-13-8-10/h2,4,6,8-9,11-12H,3,5,7H2,1H3. The van der Waals surface area contributed by atoms with E-state index in [9.17, 15) is 4.79 Å². The zero-order chi connectivity index (χ0) is 10.7. The second kappa shape index (κ2) is 4.53. The molecule has 0 radical (unpaired) electrons. The number of rotatable bonds is 2. The highest BCUT2D eigenvalue weighted by Gasteiger charge is 2.30. The van der Waals surface area contributed by atoms with Crippen molar-refractivity contribution in [3.05, 3.63) is 30.1 Å². The Morgan fingerprint density at radius 2 is 2.47 bits per heavy atom. The monoisotopic (exact) mass is 204 g/mol. The van der Waals surface area contributed by atoms with Gasteiger partial charge in [0.2, 0.25) is 0 Å². The summed E-state index contributed by atoms with van der Waals surface area (Å²) in [4.78, 5) is 17.4. The van der Waals surface area contributed by atoms with Gasteiger partial charge in [0.05, 0.1) is 0 Å². The lowest BCUT2D eigenvalue weighted by Gasteiger charge is -2.36. The highest BCUT2D eigenvalue weighted by Crippen LogP contribution is 2.33. The molecule has 15 heavy (non-hydrogen) atoms. The fourth-order valence-corrected chi connectivity index (χ4v) is 2.40. The van der Waals surface area contributed by atoms with Crippen LogP contribution in [-0.4, -0.2) is 29.8 Å². The fourth-order valence-electron chi connectivity index (χ4n) is 2.40. The summed E-state index contributed by atoms with van der Waals surface area (Å²) < 4.78 is 0. The maximum atomic E-state index is 11.0. The molecule has 1 aromatic heterocycles. The molecule has 0 bridgehead atoms. The SMILES string of the molecule is CN1CCCC(C=O)C1c1cccnc1. The molecular formula is C12H16N2O. The Labute approximate surface area is 90.1 Å². The largest absolute Gasteiger partial charge is 0.303 e. The molecule has 2 rings (SSSR count). The molecule has 80 valence electrons. The number of carbonyl (C=O) groups is 1. The number of piperidine rings is 1. The molecule has 0 spiro atoms. The number of hydrogen-bond acceptors (Lipinski definition) is 3. The molecule has 1 saturated heterocycles. The van der Waals surface area contributed by atoms with Gasteiger partial charge in [0, 0.05) is 24.4 Å². The molecule has 3 heteroatoms. The summed E-state index contributed by atoms with van der Waals surface area (Å²) in [6.45, 7) is 1.06. The number of likely N-dealkylation sites (tertiary alicyclic amines) is 1. The Balaban J connectivity index is 2.27. The van der Waals surface area contributed by atoms with E-state index in [0.717, 1.165) is 31.2 Å². The molecule has 3 nitrogen and oxygen atoms in total. The first-order valence-electron chi connectivity index (χ1n) is 5.38. The van der Waals surface area contributed by atoms with Gasteiger partial charge in [0.1, 0.15) is 6.29 Å². The van der Waals surface area contributed by atoms with Gasteiger partial charge < -0.3 is 4.79 Å². The minimum Gasteiger partial charge on any atom is -0.303 e. The van der Waals surface area contributed by atoms with Crippen molar-refractivity contribution in [2.24, 2.45) is 5.92 Å². The normalized spacial score (nSPS) is 27.5. The lowest BCUT2D eigenvalue weighted by Crippen LogP contribution is -2.36. The third kappa shape index (κ3) is 2.07. The summed E-state index contributed by atoms with van der Waals surface area (Å²) >= 11 is 0. The molecule has 1 aliphatic rings. The number of aromatic nitrogens is 1. The predicted molar refractivity (Wildman–Crippen MR) is 58.4 cm³/mol. The Morgan fingerprint density at radius 1 is 1.60 bits per heavy atom. The first kappa shape index (κ1) is 10.3. The van der Waals surface area contributed by atoms with Gasteiger partial charge in [0.25, 0.3) is 0 Å². The molecule has 0 amide bonds. The number of carbonyl (C=O) groups excluding carboxylic acids is 1. The zero-order valence-corrected chi connectivity index (χ0v) is 8.97. The number of nitrogens with zero attached hydrogens (tertiary/aromatic N) is 2. The van der Waals surface area contributed by atoms with Crippen molar-refractivity contribution in [3.63, 3.8) is 0 Å². The van der Waals surface area contributed by atoms with Gasteiger partial charge in [-0.3, -0.25) is 9.88 Å². The Morgan fingerprint density at radius 3 is 3.13 bits per heavy atom. The van der Waals surface area contributed by atoms with Crippen molar-refractivity contribution < 1.29 is 4.79 Å². The van der Waals surface area contributed by atoms with E-state index in [0.29, 0.717) is 0 Å². The highest BCUT2D eigenvalue weighted by molar-refractivity contribution is 5.56. The molecule has 0 aromatic carbocycles. The van der Waals surface area contributed by atoms with Crippen molar-refractivity contribution in [3.8, 4) is 0 Å². The molecule has 1 aromatic rings. The summed E-state index contributed by atoms with van der Waals surface area (Å²) in [5.74, 6) is 0.118. The van der Waals surface area contributed by atoms with Crippen LogP contribution in [0.1, 0.15) is 24.4 Å². The first-order valence-corrected chi connectivity index (χ1v) is 5.38. The van der Waals surface area contributed by atoms with E-state index in [1.807, 2.05) is 12.3 Å². The second-order valence-corrected chi connectivity index (χ2v) is 4.15. The van der Waals surface area contributed by atoms with Gasteiger partial charge in [-0.25, -0.2) is 0 Å². The summed E-state index contributed by atoms with van der Waals surface area (Å²) in [6.07, 6.45) is 6.82. The van der Waals surface area contributed by atoms with Crippen LogP contribution in [0.5, 0.6) is 0 Å². The van der Waals surface area contributed by atoms with Crippen molar-refractivity contribution in [1.82, 2.24) is 9.88 Å². The molecule has 2 atom stereocenters. The van der Waals surface area contributed by atoms with Crippen LogP contribution in [0.15, 0.2) is 24.5 Å². The zero-order valence-electron chi connectivity index (χ0n) is 8.97. The molecule has 2 heterocycles. The van der Waals surface area contributed by atoms with Crippen LogP contribution in [0.2, 0.25) is 0 Å². The van der Waals surface area contributed by atoms with E-state index in [4.69, 9.17) is 0 Å². The minimum atomic E-state index is 0.118. The summed E-state index contributed by atoms with van der Waals surface area (Å²) in [5.41, 5.74) is 1.15. The van der Waals surface area contributed by atoms with Crippen LogP contribution in [-0.2, 0) is 4.79 Å². The van der Waals surface area contributed by atoms with Crippen LogP contribution < -0.4 is 0 Å². The number of hydrogen-bond donors (Lipinski definition) is 0. The van der Waals surface area contributed by atoms with Gasteiger partial charge in [-0.2, -0.15) is 0 Å². The van der Waals surface area contributed by atoms with Gasteiger partial charge >= 0.3 is 0 Å². The highest BCUT2D eigenvalue weighted by atomic mass is 16.1. The third-order valence-corrected chi connectivity index (χ3v) is 3.13. The molecule has 2 unspecified atom stereocenters. The van der Waals surface area contributed by atoms with Gasteiger partial charge in [-0.15, -0.1) is 0 Å². The van der Waals surface area contributed by atoms with Crippen molar-refractivity contribution in [2.75, 3.05) is 13.6 Å². The quantitative estimate of drug-likeness (QED) is 0.687. The molecule has 0 aliphatic carbocycles. The fraction of sp³-hybridized carbons (Fsp3) is 0.500. The summed E-state index contributed by atoms with van der Waals surface area (Å²) in [6, 6.07) is 4.19. The Bertz CT molecular complexity index is 326. The van der Waals surface area contributed by atoms with E-state index >= 15 is 0 Å². The van der Waals surface area contributed by atoms with Crippen LogP contribution in [0.4, 0.5) is 0 Å². The lowest BCUT2D eigenvalue weighted by atomic mass is 9.87. The summed E-state index contributed by atoms with van der Waals surface area (Å²) in [7, 11) is 2.08. The maximum Gasteiger partial charge on any atom is 0.124 e. The van der Waals surface area contributed by atoms with Crippen molar-refractivity contribution in [1.29, 1.82) is 0 Å². The lowest BCUT2D eigenvalue weighted by molar-refractivity contribution is -0.114. The maximum absolute atomic E-state index is 11.0. The van der Waals surface area contributed by atoms with Crippen LogP contribution in [0.25, 0.3) is 0 Å². The van der Waals surface area contributed by atoms with Gasteiger partial charge in [0.15, 0.2) is 0 Å². The van der Waals surface area contributed by atoms with Crippen molar-refractivity contribution >= 4 is 6.29 Å². The average Bonchev–Trinajstić information content (AvgIpc) is 2.29. The second-order valence-electron chi connectivity index (χ2n) is 4.15. The van der Waals surface area contributed by atoms with E-state index in [1.54, 1.807) is 6.20 Å². The number of pyridine rings is 1. The molecule has 0 N–H and O–H groups in total. The Hall–Kier alpha value is -1.22. The topological polar surface area (TPSA) is 33.2 Å². The molecule has 1 fully saturated rings.